The van der Waals surface area contributed by atoms with E-state index in [0.717, 1.165) is 38.5 Å². The maximum absolute atomic E-state index is 13.8. The number of rotatable bonds is 8. The molecule has 118 valence electrons. The Kier molecular flexibility index (Phi) is 6.12. The van der Waals surface area contributed by atoms with Crippen molar-refractivity contribution < 1.29 is 13.5 Å². The van der Waals surface area contributed by atoms with Crippen molar-refractivity contribution in [2.24, 2.45) is 5.92 Å². The molecule has 1 N–H and O–H groups in total. The first-order valence-electron chi connectivity index (χ1n) is 7.91. The van der Waals surface area contributed by atoms with E-state index in [0.29, 0.717) is 24.0 Å². The Labute approximate surface area is 125 Å². The van der Waals surface area contributed by atoms with Gasteiger partial charge in [-0.25, -0.2) is 8.78 Å². The van der Waals surface area contributed by atoms with Crippen LogP contribution in [-0.4, -0.2) is 25.3 Å². The van der Waals surface area contributed by atoms with Crippen LogP contribution in [-0.2, 0) is 11.2 Å². The number of halogens is 2. The van der Waals surface area contributed by atoms with Crippen LogP contribution in [0.15, 0.2) is 18.2 Å². The van der Waals surface area contributed by atoms with Gasteiger partial charge in [0.05, 0.1) is 6.10 Å². The summed E-state index contributed by atoms with van der Waals surface area (Å²) in [7, 11) is 0. The van der Waals surface area contributed by atoms with E-state index in [9.17, 15) is 8.78 Å². The van der Waals surface area contributed by atoms with E-state index in [-0.39, 0.29) is 6.04 Å². The van der Waals surface area contributed by atoms with E-state index in [1.807, 2.05) is 6.92 Å². The lowest BCUT2D eigenvalue weighted by atomic mass is 9.77. The number of nitrogens with one attached hydrogen (secondary N) is 1. The molecule has 0 spiro atoms. The highest BCUT2D eigenvalue weighted by Gasteiger charge is 2.31. The highest BCUT2D eigenvalue weighted by atomic mass is 19.1. The van der Waals surface area contributed by atoms with Crippen molar-refractivity contribution in [1.82, 2.24) is 5.32 Å². The lowest BCUT2D eigenvalue weighted by Crippen LogP contribution is -2.39. The molecule has 2 rings (SSSR count). The van der Waals surface area contributed by atoms with Gasteiger partial charge < -0.3 is 10.1 Å². The zero-order valence-electron chi connectivity index (χ0n) is 12.9. The maximum Gasteiger partial charge on any atom is 0.129 e. The summed E-state index contributed by atoms with van der Waals surface area (Å²) in [5, 5.41) is 3.42. The van der Waals surface area contributed by atoms with Gasteiger partial charge in [-0.05, 0) is 56.7 Å². The van der Waals surface area contributed by atoms with Crippen LogP contribution in [0.2, 0.25) is 0 Å². The molecule has 1 saturated carbocycles. The molecule has 0 bridgehead atoms. The van der Waals surface area contributed by atoms with Crippen molar-refractivity contribution in [3.63, 3.8) is 0 Å². The van der Waals surface area contributed by atoms with E-state index < -0.39 is 11.6 Å². The summed E-state index contributed by atoms with van der Waals surface area (Å²) in [6, 6.07) is 4.09. The van der Waals surface area contributed by atoms with Crippen LogP contribution in [0.5, 0.6) is 0 Å². The highest BCUT2D eigenvalue weighted by Crippen LogP contribution is 2.34. The Morgan fingerprint density at radius 3 is 2.67 bits per heavy atom. The summed E-state index contributed by atoms with van der Waals surface area (Å²) in [5.74, 6) is -0.317. The summed E-state index contributed by atoms with van der Waals surface area (Å²) in [4.78, 5) is 0. The molecule has 0 aromatic heterocycles. The molecule has 0 heterocycles. The van der Waals surface area contributed by atoms with Crippen molar-refractivity contribution in [2.75, 3.05) is 13.2 Å². The molecule has 0 saturated heterocycles. The summed E-state index contributed by atoms with van der Waals surface area (Å²) in [6.07, 6.45) is 4.23. The monoisotopic (exact) mass is 297 g/mol. The lowest BCUT2D eigenvalue weighted by molar-refractivity contribution is -0.0290. The van der Waals surface area contributed by atoms with Crippen LogP contribution < -0.4 is 5.32 Å². The minimum Gasteiger partial charge on any atom is -0.378 e. The molecule has 2 nitrogen and oxygen atoms in total. The van der Waals surface area contributed by atoms with Crippen molar-refractivity contribution in [3.05, 3.63) is 35.4 Å². The van der Waals surface area contributed by atoms with Gasteiger partial charge in [0.15, 0.2) is 0 Å². The maximum atomic E-state index is 13.8. The number of hydrogen-bond acceptors (Lipinski definition) is 2. The topological polar surface area (TPSA) is 21.3 Å². The third kappa shape index (κ3) is 4.75. The Bertz CT molecular complexity index is 446. The first kappa shape index (κ1) is 16.4. The summed E-state index contributed by atoms with van der Waals surface area (Å²) in [5.41, 5.74) is 0.586. The molecule has 21 heavy (non-hydrogen) atoms. The largest absolute Gasteiger partial charge is 0.378 e. The fraction of sp³-hybridized carbons (Fsp3) is 0.647. The van der Waals surface area contributed by atoms with E-state index in [1.54, 1.807) is 6.07 Å². The standard InChI is InChI=1S/C17H25F2NO/c1-3-20-15(7-12-8-16(9-12)21-4-2)10-13-5-6-14(18)11-17(13)19/h5-6,11-12,15-16,20H,3-4,7-10H2,1-2H3. The first-order valence-corrected chi connectivity index (χ1v) is 7.91. The van der Waals surface area contributed by atoms with Crippen LogP contribution in [0.4, 0.5) is 8.78 Å². The summed E-state index contributed by atoms with van der Waals surface area (Å²) in [6.45, 7) is 5.70. The van der Waals surface area contributed by atoms with Gasteiger partial charge in [-0.3, -0.25) is 0 Å². The quantitative estimate of drug-likeness (QED) is 0.790. The molecule has 1 aromatic carbocycles. The number of hydrogen-bond donors (Lipinski definition) is 1. The van der Waals surface area contributed by atoms with Crippen molar-refractivity contribution in [1.29, 1.82) is 0 Å². The Hall–Kier alpha value is -1.00. The van der Waals surface area contributed by atoms with Gasteiger partial charge in [0.2, 0.25) is 0 Å². The average Bonchev–Trinajstić information content (AvgIpc) is 2.39. The second-order valence-corrected chi connectivity index (χ2v) is 5.84. The van der Waals surface area contributed by atoms with Gasteiger partial charge in [-0.1, -0.05) is 13.0 Å². The Morgan fingerprint density at radius 1 is 1.29 bits per heavy atom. The normalized spacial score (nSPS) is 22.9. The molecule has 1 aliphatic rings. The zero-order valence-corrected chi connectivity index (χ0v) is 12.9. The molecule has 4 heteroatoms. The second kappa shape index (κ2) is 7.85. The molecular formula is C17H25F2NO. The molecule has 1 atom stereocenters. The predicted octanol–water partition coefficient (Wildman–Crippen LogP) is 3.69. The Morgan fingerprint density at radius 2 is 2.05 bits per heavy atom. The molecule has 0 aliphatic heterocycles. The first-order chi connectivity index (χ1) is 10.1. The van der Waals surface area contributed by atoms with E-state index in [2.05, 4.69) is 12.2 Å². The summed E-state index contributed by atoms with van der Waals surface area (Å²) < 4.78 is 32.3. The molecular weight excluding hydrogens is 272 g/mol. The van der Waals surface area contributed by atoms with Gasteiger partial charge in [0, 0.05) is 18.7 Å². The fourth-order valence-corrected chi connectivity index (χ4v) is 3.12. The molecule has 1 unspecified atom stereocenters. The van der Waals surface area contributed by atoms with Crippen LogP contribution in [0.1, 0.15) is 38.7 Å². The van der Waals surface area contributed by atoms with Gasteiger partial charge in [-0.2, -0.15) is 0 Å². The molecule has 1 aromatic rings. The summed E-state index contributed by atoms with van der Waals surface area (Å²) >= 11 is 0. The predicted molar refractivity (Wildman–Crippen MR) is 80.3 cm³/mol. The SMILES string of the molecule is CCNC(Cc1ccc(F)cc1F)CC1CC(OCC)C1. The van der Waals surface area contributed by atoms with Crippen LogP contribution in [0.3, 0.4) is 0 Å². The Balaban J connectivity index is 1.87. The number of likely N-dealkylation sites (N-methyl/N-ethyl adjacent to an activating group) is 1. The zero-order chi connectivity index (χ0) is 15.2. The second-order valence-electron chi connectivity index (χ2n) is 5.84. The molecule has 0 radical (unpaired) electrons. The van der Waals surface area contributed by atoms with Crippen LogP contribution >= 0.6 is 0 Å². The van der Waals surface area contributed by atoms with Crippen molar-refractivity contribution in [2.45, 2.75) is 51.7 Å². The van der Waals surface area contributed by atoms with Crippen molar-refractivity contribution >= 4 is 0 Å². The van der Waals surface area contributed by atoms with Crippen LogP contribution in [0, 0.1) is 17.6 Å². The van der Waals surface area contributed by atoms with Gasteiger partial charge >= 0.3 is 0 Å². The van der Waals surface area contributed by atoms with Crippen molar-refractivity contribution in [3.8, 4) is 0 Å². The third-order valence-corrected chi connectivity index (χ3v) is 4.19. The average molecular weight is 297 g/mol. The highest BCUT2D eigenvalue weighted by molar-refractivity contribution is 5.19. The fourth-order valence-electron chi connectivity index (χ4n) is 3.12. The third-order valence-electron chi connectivity index (χ3n) is 4.19. The van der Waals surface area contributed by atoms with Gasteiger partial charge in [0.25, 0.3) is 0 Å². The van der Waals surface area contributed by atoms with E-state index >= 15 is 0 Å². The van der Waals surface area contributed by atoms with E-state index in [1.165, 1.54) is 6.07 Å². The minimum absolute atomic E-state index is 0.238. The molecule has 1 fully saturated rings. The van der Waals surface area contributed by atoms with E-state index in [4.69, 9.17) is 4.74 Å². The van der Waals surface area contributed by atoms with Crippen LogP contribution in [0.25, 0.3) is 0 Å². The molecule has 0 amide bonds. The number of ether oxygens (including phenoxy) is 1. The van der Waals surface area contributed by atoms with Gasteiger partial charge in [-0.15, -0.1) is 0 Å². The number of benzene rings is 1. The molecule has 1 aliphatic carbocycles. The minimum atomic E-state index is -0.519. The lowest BCUT2D eigenvalue weighted by Gasteiger charge is -2.37. The van der Waals surface area contributed by atoms with Gasteiger partial charge in [0.1, 0.15) is 11.6 Å². The smallest absolute Gasteiger partial charge is 0.129 e.